The van der Waals surface area contributed by atoms with Crippen LogP contribution in [0, 0.1) is 5.82 Å². The number of rotatable bonds is 3. The molecule has 0 bridgehead atoms. The minimum atomic E-state index is -0.308. The van der Waals surface area contributed by atoms with E-state index in [1.165, 1.54) is 18.6 Å². The van der Waals surface area contributed by atoms with Crippen molar-refractivity contribution in [1.82, 2.24) is 4.98 Å². The van der Waals surface area contributed by atoms with Crippen LogP contribution in [0.25, 0.3) is 10.9 Å². The number of nitrogens with zero attached hydrogens (tertiary/aromatic N) is 2. The van der Waals surface area contributed by atoms with E-state index in [2.05, 4.69) is 9.88 Å². The summed E-state index contributed by atoms with van der Waals surface area (Å²) in [6, 6.07) is 13.8. The summed E-state index contributed by atoms with van der Waals surface area (Å²) >= 11 is 0. The average Bonchev–Trinajstić information content (AvgIpc) is 2.68. The van der Waals surface area contributed by atoms with Crippen LogP contribution in [0.4, 0.5) is 10.1 Å². The van der Waals surface area contributed by atoms with Crippen molar-refractivity contribution in [2.45, 2.75) is 19.3 Å². The summed E-state index contributed by atoms with van der Waals surface area (Å²) in [5.41, 5.74) is 2.70. The van der Waals surface area contributed by atoms with E-state index in [-0.39, 0.29) is 11.6 Å². The van der Waals surface area contributed by atoms with Crippen molar-refractivity contribution < 1.29 is 9.18 Å². The number of hydrogen-bond acceptors (Lipinski definition) is 3. The number of piperidine rings is 1. The predicted octanol–water partition coefficient (Wildman–Crippen LogP) is 4.60. The summed E-state index contributed by atoms with van der Waals surface area (Å²) in [4.78, 5) is 19.7. The highest BCUT2D eigenvalue weighted by atomic mass is 19.1. The molecule has 0 spiro atoms. The smallest absolute Gasteiger partial charge is 0.196 e. The molecule has 0 radical (unpaired) electrons. The SMILES string of the molecule is O=C(c1ccccc1)c1cnc2ccc(F)cc2c1N1CCCCC1. The lowest BCUT2D eigenvalue weighted by Gasteiger charge is -2.31. The van der Waals surface area contributed by atoms with Crippen molar-refractivity contribution in [1.29, 1.82) is 0 Å². The topological polar surface area (TPSA) is 33.2 Å². The molecule has 0 saturated carbocycles. The molecule has 0 amide bonds. The fraction of sp³-hybridized carbons (Fsp3) is 0.238. The molecule has 1 fully saturated rings. The van der Waals surface area contributed by atoms with Gasteiger partial charge in [0.2, 0.25) is 0 Å². The standard InChI is InChI=1S/C21H19FN2O/c22-16-9-10-19-17(13-16)20(24-11-5-2-6-12-24)18(14-23-19)21(25)15-7-3-1-4-8-15/h1,3-4,7-10,13-14H,2,5-6,11-12H2. The zero-order chi connectivity index (χ0) is 17.2. The van der Waals surface area contributed by atoms with Crippen LogP contribution in [0.15, 0.2) is 54.7 Å². The second kappa shape index (κ2) is 6.63. The Kier molecular flexibility index (Phi) is 4.18. The van der Waals surface area contributed by atoms with Crippen molar-refractivity contribution in [3.8, 4) is 0 Å². The number of anilines is 1. The number of halogens is 1. The molecule has 0 unspecified atom stereocenters. The van der Waals surface area contributed by atoms with Crippen LogP contribution in [0.3, 0.4) is 0 Å². The molecule has 126 valence electrons. The first-order chi connectivity index (χ1) is 12.2. The van der Waals surface area contributed by atoms with Gasteiger partial charge in [0.25, 0.3) is 0 Å². The average molecular weight is 334 g/mol. The third kappa shape index (κ3) is 3.00. The number of fused-ring (bicyclic) bond motifs is 1. The van der Waals surface area contributed by atoms with Crippen molar-refractivity contribution in [3.05, 3.63) is 71.7 Å². The zero-order valence-corrected chi connectivity index (χ0v) is 13.9. The Bertz CT molecular complexity index is 918. The quantitative estimate of drug-likeness (QED) is 0.657. The Morgan fingerprint density at radius 1 is 1.00 bits per heavy atom. The van der Waals surface area contributed by atoms with E-state index in [1.807, 2.05) is 18.2 Å². The van der Waals surface area contributed by atoms with Crippen LogP contribution >= 0.6 is 0 Å². The minimum absolute atomic E-state index is 0.0696. The highest BCUT2D eigenvalue weighted by Crippen LogP contribution is 2.33. The first-order valence-electron chi connectivity index (χ1n) is 8.67. The van der Waals surface area contributed by atoms with Gasteiger partial charge >= 0.3 is 0 Å². The number of hydrogen-bond donors (Lipinski definition) is 0. The highest BCUT2D eigenvalue weighted by molar-refractivity contribution is 6.16. The van der Waals surface area contributed by atoms with E-state index in [9.17, 15) is 9.18 Å². The molecule has 0 N–H and O–H groups in total. The van der Waals surface area contributed by atoms with Crippen LogP contribution in [0.2, 0.25) is 0 Å². The number of ketones is 1. The molecule has 4 heteroatoms. The highest BCUT2D eigenvalue weighted by Gasteiger charge is 2.23. The van der Waals surface area contributed by atoms with Gasteiger partial charge in [0.1, 0.15) is 5.82 Å². The molecular weight excluding hydrogens is 315 g/mol. The van der Waals surface area contributed by atoms with Crippen molar-refractivity contribution >= 4 is 22.4 Å². The molecule has 3 nitrogen and oxygen atoms in total. The molecule has 25 heavy (non-hydrogen) atoms. The fourth-order valence-electron chi connectivity index (χ4n) is 3.52. The van der Waals surface area contributed by atoms with E-state index < -0.39 is 0 Å². The summed E-state index contributed by atoms with van der Waals surface area (Å²) < 4.78 is 13.9. The van der Waals surface area contributed by atoms with E-state index in [1.54, 1.807) is 24.4 Å². The van der Waals surface area contributed by atoms with Crippen LogP contribution < -0.4 is 4.90 Å². The Morgan fingerprint density at radius 3 is 2.52 bits per heavy atom. The summed E-state index contributed by atoms with van der Waals surface area (Å²) in [5.74, 6) is -0.378. The molecule has 2 aromatic carbocycles. The minimum Gasteiger partial charge on any atom is -0.370 e. The molecule has 1 aliphatic heterocycles. The number of pyridine rings is 1. The number of aromatic nitrogens is 1. The first kappa shape index (κ1) is 15.8. The summed E-state index contributed by atoms with van der Waals surface area (Å²) in [5, 5.41) is 0.712. The van der Waals surface area contributed by atoms with Gasteiger partial charge in [-0.2, -0.15) is 0 Å². The molecule has 2 heterocycles. The molecule has 3 aromatic rings. The van der Waals surface area contributed by atoms with Gasteiger partial charge in [-0.25, -0.2) is 4.39 Å². The Hall–Kier alpha value is -2.75. The van der Waals surface area contributed by atoms with Gasteiger partial charge in [0.05, 0.1) is 16.8 Å². The third-order valence-corrected chi connectivity index (χ3v) is 4.75. The zero-order valence-electron chi connectivity index (χ0n) is 13.9. The van der Waals surface area contributed by atoms with E-state index in [0.717, 1.165) is 31.6 Å². The van der Waals surface area contributed by atoms with Gasteiger partial charge in [-0.05, 0) is 37.5 Å². The largest absolute Gasteiger partial charge is 0.370 e. The van der Waals surface area contributed by atoms with Crippen LogP contribution in [-0.2, 0) is 0 Å². The Balaban J connectivity index is 1.92. The van der Waals surface area contributed by atoms with E-state index >= 15 is 0 Å². The molecular formula is C21H19FN2O. The number of carbonyl (C=O) groups excluding carboxylic acids is 1. The van der Waals surface area contributed by atoms with Gasteiger partial charge < -0.3 is 4.90 Å². The maximum absolute atomic E-state index is 13.9. The third-order valence-electron chi connectivity index (χ3n) is 4.75. The second-order valence-electron chi connectivity index (χ2n) is 6.42. The van der Waals surface area contributed by atoms with Gasteiger partial charge in [-0.3, -0.25) is 9.78 Å². The Labute approximate surface area is 146 Å². The van der Waals surface area contributed by atoms with Crippen LogP contribution in [0.1, 0.15) is 35.2 Å². The lowest BCUT2D eigenvalue weighted by molar-refractivity contribution is 0.103. The maximum atomic E-state index is 13.9. The predicted molar refractivity (Wildman–Crippen MR) is 97.6 cm³/mol. The van der Waals surface area contributed by atoms with Gasteiger partial charge in [-0.15, -0.1) is 0 Å². The molecule has 1 aromatic heterocycles. The lowest BCUT2D eigenvalue weighted by Crippen LogP contribution is -2.31. The van der Waals surface area contributed by atoms with Crippen LogP contribution in [-0.4, -0.2) is 23.9 Å². The monoisotopic (exact) mass is 334 g/mol. The first-order valence-corrected chi connectivity index (χ1v) is 8.67. The van der Waals surface area contributed by atoms with Crippen LogP contribution in [0.5, 0.6) is 0 Å². The number of benzene rings is 2. The molecule has 4 rings (SSSR count). The van der Waals surface area contributed by atoms with E-state index in [4.69, 9.17) is 0 Å². The van der Waals surface area contributed by atoms with E-state index in [0.29, 0.717) is 22.0 Å². The lowest BCUT2D eigenvalue weighted by atomic mass is 9.98. The van der Waals surface area contributed by atoms with Crippen molar-refractivity contribution in [3.63, 3.8) is 0 Å². The summed E-state index contributed by atoms with van der Waals surface area (Å²) in [7, 11) is 0. The van der Waals surface area contributed by atoms with Crippen molar-refractivity contribution in [2.75, 3.05) is 18.0 Å². The second-order valence-corrected chi connectivity index (χ2v) is 6.42. The molecule has 1 saturated heterocycles. The summed E-state index contributed by atoms with van der Waals surface area (Å²) in [6.45, 7) is 1.76. The van der Waals surface area contributed by atoms with Gasteiger partial charge in [0.15, 0.2) is 5.78 Å². The maximum Gasteiger partial charge on any atom is 0.196 e. The Morgan fingerprint density at radius 2 is 1.76 bits per heavy atom. The molecule has 0 aliphatic carbocycles. The molecule has 1 aliphatic rings. The molecule has 0 atom stereocenters. The fourth-order valence-corrected chi connectivity index (χ4v) is 3.52. The van der Waals surface area contributed by atoms with Gasteiger partial charge in [0, 0.05) is 30.2 Å². The normalized spacial score (nSPS) is 14.7. The van der Waals surface area contributed by atoms with Crippen molar-refractivity contribution in [2.24, 2.45) is 0 Å². The number of carbonyl (C=O) groups is 1. The summed E-state index contributed by atoms with van der Waals surface area (Å²) in [6.07, 6.45) is 4.99. The van der Waals surface area contributed by atoms with Gasteiger partial charge in [-0.1, -0.05) is 30.3 Å².